The average molecular weight is 796 g/mol. The van der Waals surface area contributed by atoms with Gasteiger partial charge in [-0.05, 0) is 111 Å². The maximum atomic E-state index is 12.4. The first kappa shape index (κ1) is 52.8. The molecule has 0 aliphatic carbocycles. The number of allylic oxidation sites excluding steroid dienone is 4. The van der Waals surface area contributed by atoms with Gasteiger partial charge in [0.05, 0.1) is 5.57 Å². The zero-order valence-electron chi connectivity index (χ0n) is 37.2. The molecule has 0 amide bonds. The van der Waals surface area contributed by atoms with Crippen LogP contribution in [0.5, 0.6) is 0 Å². The van der Waals surface area contributed by atoms with Gasteiger partial charge in [0.25, 0.3) is 0 Å². The van der Waals surface area contributed by atoms with Crippen LogP contribution in [0.15, 0.2) is 59.7 Å². The Morgan fingerprint density at radius 3 is 1.29 bits per heavy atom. The van der Waals surface area contributed by atoms with E-state index in [1.807, 2.05) is 0 Å². The molecular formula is C52H84N2Ni. The van der Waals surface area contributed by atoms with Crippen LogP contribution in [0.4, 0.5) is 0 Å². The summed E-state index contributed by atoms with van der Waals surface area (Å²) in [6.07, 6.45) is 37.5. The minimum Gasteiger partial charge on any atom is -0.493 e. The molecule has 0 N–H and O–H groups in total. The topological polar surface area (TPSA) is 25.3 Å². The summed E-state index contributed by atoms with van der Waals surface area (Å²) in [6, 6.07) is 14.2. The van der Waals surface area contributed by atoms with Crippen LogP contribution in [0.1, 0.15) is 216 Å². The van der Waals surface area contributed by atoms with Crippen molar-refractivity contribution in [3.63, 3.8) is 0 Å². The number of hydrogen-bond donors (Lipinski definition) is 0. The summed E-state index contributed by atoms with van der Waals surface area (Å²) in [5.41, 5.74) is 24.7. The van der Waals surface area contributed by atoms with Gasteiger partial charge in [-0.2, -0.15) is 0 Å². The predicted molar refractivity (Wildman–Crippen MR) is 243 cm³/mol. The Hall–Kier alpha value is -2.25. The molecule has 0 saturated carbocycles. The van der Waals surface area contributed by atoms with E-state index in [0.29, 0.717) is 0 Å². The number of rotatable bonds is 29. The number of hydrogen-bond acceptors (Lipinski definition) is 0. The second kappa shape index (κ2) is 31.8. The van der Waals surface area contributed by atoms with Crippen LogP contribution in [-0.4, -0.2) is 4.70 Å². The van der Waals surface area contributed by atoms with Gasteiger partial charge in [0, 0.05) is 16.7 Å². The van der Waals surface area contributed by atoms with Crippen LogP contribution < -0.4 is 0 Å². The molecule has 1 heterocycles. The number of nitrogens with zero attached hydrogens (tertiary/aromatic N) is 2. The molecule has 3 heteroatoms. The smallest absolute Gasteiger partial charge is 0.493 e. The van der Waals surface area contributed by atoms with Crippen molar-refractivity contribution in [1.82, 2.24) is 0 Å². The zero-order valence-corrected chi connectivity index (χ0v) is 38.2. The molecule has 2 nitrogen and oxygen atoms in total. The first-order valence-electron chi connectivity index (χ1n) is 22.4. The number of benzene rings is 2. The summed E-state index contributed by atoms with van der Waals surface area (Å²) < 4.78 is 1.59. The predicted octanol–water partition coefficient (Wildman–Crippen LogP) is 17.2. The van der Waals surface area contributed by atoms with Crippen molar-refractivity contribution >= 4 is 11.4 Å². The number of aryl methyl sites for hydroxylation is 4. The van der Waals surface area contributed by atoms with Gasteiger partial charge in [-0.3, -0.25) is 0 Å². The maximum Gasteiger partial charge on any atom is 2.00 e. The van der Waals surface area contributed by atoms with E-state index in [9.17, 15) is 5.53 Å². The summed E-state index contributed by atoms with van der Waals surface area (Å²) in [5, 5.41) is 0. The van der Waals surface area contributed by atoms with Gasteiger partial charge in [0.2, 0.25) is 11.4 Å². The van der Waals surface area contributed by atoms with Gasteiger partial charge < -0.3 is 20.4 Å². The van der Waals surface area contributed by atoms with Crippen molar-refractivity contribution in [2.75, 3.05) is 0 Å². The largest absolute Gasteiger partial charge is 2.00 e. The molecule has 0 aromatic heterocycles. The Kier molecular flexibility index (Phi) is 30.5. The standard InChI is InChI=1S/C50H78N2.2CH3.Ni/c1-7-13-17-18-19-20-21-22-23-24-25-26-27-28-29-30-34-48-47(33-16-10-4)49(45-37-41(11-5)35-42(12-6)38-45)52(51)50(48)46-39-43(31-14-8-2)36-44(40-46)32-15-9-3;;;/h30,34-40H,7-29,31-33H2,1-6H3;2*1H3;/q;2*-1;+2. The van der Waals surface area contributed by atoms with Gasteiger partial charge in [0.15, 0.2) is 0 Å². The minimum absolute atomic E-state index is 0. The molecule has 0 saturated heterocycles. The van der Waals surface area contributed by atoms with Gasteiger partial charge in [-0.15, -0.1) is 0 Å². The molecule has 0 atom stereocenters. The average Bonchev–Trinajstić information content (AvgIpc) is 3.44. The van der Waals surface area contributed by atoms with E-state index in [-0.39, 0.29) is 31.3 Å². The Labute approximate surface area is 353 Å². The Balaban J connectivity index is 0.00000972. The van der Waals surface area contributed by atoms with Crippen LogP contribution >= 0.6 is 0 Å². The summed E-state index contributed by atoms with van der Waals surface area (Å²) in [4.78, 5) is 0. The van der Waals surface area contributed by atoms with Gasteiger partial charge >= 0.3 is 16.5 Å². The van der Waals surface area contributed by atoms with Gasteiger partial charge in [-0.1, -0.05) is 169 Å². The molecule has 0 fully saturated rings. The molecule has 55 heavy (non-hydrogen) atoms. The molecule has 0 unspecified atom stereocenters. The molecule has 0 spiro atoms. The van der Waals surface area contributed by atoms with Crippen LogP contribution in [-0.2, 0) is 42.2 Å². The van der Waals surface area contributed by atoms with Crippen molar-refractivity contribution < 1.29 is 21.2 Å². The second-order valence-electron chi connectivity index (χ2n) is 15.8. The quantitative estimate of drug-likeness (QED) is 0.0339. The van der Waals surface area contributed by atoms with Gasteiger partial charge in [-0.25, -0.2) is 4.70 Å². The molecule has 0 bridgehead atoms. The molecule has 1 aliphatic heterocycles. The molecule has 2 aromatic rings. The summed E-state index contributed by atoms with van der Waals surface area (Å²) >= 11 is 0. The molecule has 312 valence electrons. The second-order valence-corrected chi connectivity index (χ2v) is 15.8. The third kappa shape index (κ3) is 18.3. The van der Waals surface area contributed by atoms with Crippen molar-refractivity contribution in [2.24, 2.45) is 0 Å². The Morgan fingerprint density at radius 2 is 0.836 bits per heavy atom. The fourth-order valence-electron chi connectivity index (χ4n) is 7.90. The van der Waals surface area contributed by atoms with E-state index in [0.717, 1.165) is 68.3 Å². The van der Waals surface area contributed by atoms with Crippen molar-refractivity contribution in [1.29, 1.82) is 0 Å². The molecular weight excluding hydrogens is 711 g/mol. The molecule has 2 aromatic carbocycles. The van der Waals surface area contributed by atoms with Crippen LogP contribution in [0, 0.1) is 14.9 Å². The molecule has 3 rings (SSSR count). The van der Waals surface area contributed by atoms with E-state index >= 15 is 0 Å². The van der Waals surface area contributed by atoms with E-state index in [1.54, 1.807) is 4.70 Å². The van der Waals surface area contributed by atoms with E-state index in [4.69, 9.17) is 0 Å². The first-order valence-corrected chi connectivity index (χ1v) is 22.4. The first-order chi connectivity index (χ1) is 25.5. The zero-order chi connectivity index (χ0) is 37.4. The van der Waals surface area contributed by atoms with E-state index in [2.05, 4.69) is 90.1 Å². The fourth-order valence-corrected chi connectivity index (χ4v) is 7.90. The normalized spacial score (nSPS) is 12.7. The Morgan fingerprint density at radius 1 is 0.455 bits per heavy atom. The van der Waals surface area contributed by atoms with E-state index in [1.165, 1.54) is 155 Å². The monoisotopic (exact) mass is 795 g/mol. The van der Waals surface area contributed by atoms with Crippen molar-refractivity contribution in [3.05, 3.63) is 113 Å². The van der Waals surface area contributed by atoms with Crippen LogP contribution in [0.3, 0.4) is 0 Å². The summed E-state index contributed by atoms with van der Waals surface area (Å²) in [6.45, 7) is 13.6. The third-order valence-corrected chi connectivity index (χ3v) is 11.2. The maximum absolute atomic E-state index is 12.4. The Bertz CT molecular complexity index is 1380. The number of unbranched alkanes of at least 4 members (excludes halogenated alkanes) is 17. The van der Waals surface area contributed by atoms with Crippen molar-refractivity contribution in [2.45, 2.75) is 208 Å². The van der Waals surface area contributed by atoms with E-state index < -0.39 is 0 Å². The summed E-state index contributed by atoms with van der Waals surface area (Å²) in [7, 11) is 0. The fraction of sp³-hybridized carbons (Fsp3) is 0.615. The van der Waals surface area contributed by atoms with Crippen LogP contribution in [0.25, 0.3) is 16.9 Å². The SMILES string of the molecule is CCCCCCCCCCCCCCCCC=CC1=C(c2cc(CCCC)cc(CCCC)c2)[N+](=[N-])C(c2cc(CC)cc(CC)c2)=C1CCCC.[CH3-].[CH3-].[Ni+2]. The summed E-state index contributed by atoms with van der Waals surface area (Å²) in [5.74, 6) is 0. The third-order valence-electron chi connectivity index (χ3n) is 11.2. The molecule has 0 radical (unpaired) electrons. The van der Waals surface area contributed by atoms with Gasteiger partial charge in [0.1, 0.15) is 0 Å². The van der Waals surface area contributed by atoms with Crippen molar-refractivity contribution in [3.8, 4) is 0 Å². The van der Waals surface area contributed by atoms with Crippen LogP contribution in [0.2, 0.25) is 0 Å². The minimum atomic E-state index is 0. The molecule has 1 aliphatic rings.